The van der Waals surface area contributed by atoms with Crippen LogP contribution in [-0.4, -0.2) is 0 Å². The van der Waals surface area contributed by atoms with E-state index in [1.807, 2.05) is 6.07 Å². The van der Waals surface area contributed by atoms with Gasteiger partial charge in [-0.1, -0.05) is 37.9 Å². The maximum absolute atomic E-state index is 3.63. The zero-order valence-electron chi connectivity index (χ0n) is 6.62. The van der Waals surface area contributed by atoms with Gasteiger partial charge in [0.15, 0.2) is 0 Å². The van der Waals surface area contributed by atoms with E-state index in [9.17, 15) is 0 Å². The molecule has 2 rings (SSSR count). The van der Waals surface area contributed by atoms with Gasteiger partial charge < -0.3 is 0 Å². The Morgan fingerprint density at radius 2 is 1.64 bits per heavy atom. The van der Waals surface area contributed by atoms with Crippen molar-refractivity contribution in [1.82, 2.24) is 0 Å². The third-order valence-electron chi connectivity index (χ3n) is 2.05. The van der Waals surface area contributed by atoms with Crippen LogP contribution in [-0.2, 0) is 0 Å². The van der Waals surface area contributed by atoms with Crippen LogP contribution in [0, 0.1) is 0 Å². The molecule has 74 valence electrons. The Balaban J connectivity index is 2.75. The predicted molar refractivity (Wildman–Crippen MR) is 78.3 cm³/mol. The molecule has 0 fully saturated rings. The molecule has 0 aliphatic heterocycles. The number of benzene rings is 1. The first-order chi connectivity index (χ1) is 6.54. The SMILES string of the molecule is BrC1=C(Br)C(Br)c2ccc(Br)c(Br)c21. The first kappa shape index (κ1) is 11.8. The summed E-state index contributed by atoms with van der Waals surface area (Å²) in [6, 6.07) is 4.15. The first-order valence-electron chi connectivity index (χ1n) is 3.71. The van der Waals surface area contributed by atoms with Crippen LogP contribution in [0.1, 0.15) is 16.0 Å². The van der Waals surface area contributed by atoms with Crippen LogP contribution in [0.3, 0.4) is 0 Å². The van der Waals surface area contributed by atoms with Crippen molar-refractivity contribution >= 4 is 84.1 Å². The molecule has 5 heteroatoms. The standard InChI is InChI=1S/C9H3Br5/c10-4-2-1-3-5(7(4)12)8(13)9(14)6(3)11/h1-2,6H. The van der Waals surface area contributed by atoms with Gasteiger partial charge in [-0.2, -0.15) is 0 Å². The van der Waals surface area contributed by atoms with E-state index in [4.69, 9.17) is 0 Å². The molecule has 0 saturated heterocycles. The third kappa shape index (κ3) is 1.73. The molecular formula is C9H3Br5. The maximum atomic E-state index is 3.63. The number of halogens is 5. The van der Waals surface area contributed by atoms with E-state index in [2.05, 4.69) is 85.7 Å². The van der Waals surface area contributed by atoms with E-state index < -0.39 is 0 Å². The van der Waals surface area contributed by atoms with Gasteiger partial charge in [-0.15, -0.1) is 0 Å². The van der Waals surface area contributed by atoms with Crippen LogP contribution in [0.5, 0.6) is 0 Å². The zero-order valence-corrected chi connectivity index (χ0v) is 14.6. The highest BCUT2D eigenvalue weighted by molar-refractivity contribution is 9.17. The summed E-state index contributed by atoms with van der Waals surface area (Å²) in [6.07, 6.45) is 0. The molecule has 0 spiro atoms. The molecule has 0 N–H and O–H groups in total. The molecule has 1 aromatic carbocycles. The van der Waals surface area contributed by atoms with Crippen molar-refractivity contribution in [2.24, 2.45) is 0 Å². The van der Waals surface area contributed by atoms with E-state index in [0.717, 1.165) is 17.9 Å². The summed E-state index contributed by atoms with van der Waals surface area (Å²) >= 11 is 17.8. The number of allylic oxidation sites excluding steroid dienone is 1. The monoisotopic (exact) mass is 506 g/mol. The molecular weight excluding hydrogens is 508 g/mol. The molecule has 1 aromatic rings. The minimum Gasteiger partial charge on any atom is -0.0780 e. The molecule has 0 aromatic heterocycles. The van der Waals surface area contributed by atoms with Crippen LogP contribution in [0.4, 0.5) is 0 Å². The Morgan fingerprint density at radius 3 is 2.29 bits per heavy atom. The summed E-state index contributed by atoms with van der Waals surface area (Å²) in [5, 5.41) is 0. The van der Waals surface area contributed by atoms with Gasteiger partial charge in [0, 0.05) is 23.5 Å². The summed E-state index contributed by atoms with van der Waals surface area (Å²) in [6.45, 7) is 0. The molecule has 0 saturated carbocycles. The molecule has 0 amide bonds. The Morgan fingerprint density at radius 1 is 1.00 bits per heavy atom. The Labute approximate surface area is 124 Å². The van der Waals surface area contributed by atoms with Gasteiger partial charge in [0.2, 0.25) is 0 Å². The van der Waals surface area contributed by atoms with Crippen LogP contribution in [0.25, 0.3) is 4.48 Å². The van der Waals surface area contributed by atoms with Crippen LogP contribution in [0.2, 0.25) is 0 Å². The molecule has 0 radical (unpaired) electrons. The Bertz CT molecular complexity index is 435. The average molecular weight is 511 g/mol. The normalized spacial score (nSPS) is 20.2. The summed E-state index contributed by atoms with van der Waals surface area (Å²) in [5.41, 5.74) is 2.46. The second-order valence-electron chi connectivity index (χ2n) is 2.85. The number of hydrogen-bond acceptors (Lipinski definition) is 0. The lowest BCUT2D eigenvalue weighted by Gasteiger charge is -2.07. The summed E-state index contributed by atoms with van der Waals surface area (Å²) in [4.78, 5) is 0.247. The quantitative estimate of drug-likeness (QED) is 0.369. The number of rotatable bonds is 0. The van der Waals surface area contributed by atoms with E-state index in [1.54, 1.807) is 0 Å². The van der Waals surface area contributed by atoms with Crippen molar-refractivity contribution in [2.45, 2.75) is 4.83 Å². The lowest BCUT2D eigenvalue weighted by atomic mass is 10.1. The second kappa shape index (κ2) is 4.32. The van der Waals surface area contributed by atoms with Gasteiger partial charge in [-0.3, -0.25) is 0 Å². The number of fused-ring (bicyclic) bond motifs is 1. The highest BCUT2D eigenvalue weighted by Crippen LogP contribution is 2.53. The van der Waals surface area contributed by atoms with Crippen molar-refractivity contribution in [1.29, 1.82) is 0 Å². The summed E-state index contributed by atoms with van der Waals surface area (Å²) in [5.74, 6) is 0. The van der Waals surface area contributed by atoms with E-state index in [0.29, 0.717) is 0 Å². The van der Waals surface area contributed by atoms with Gasteiger partial charge >= 0.3 is 0 Å². The fourth-order valence-electron chi connectivity index (χ4n) is 1.37. The molecule has 0 bridgehead atoms. The van der Waals surface area contributed by atoms with Crippen LogP contribution in [0.15, 0.2) is 25.6 Å². The van der Waals surface area contributed by atoms with E-state index in [-0.39, 0.29) is 4.83 Å². The lowest BCUT2D eigenvalue weighted by molar-refractivity contribution is 1.27. The fourth-order valence-corrected chi connectivity index (χ4v) is 4.54. The van der Waals surface area contributed by atoms with Crippen molar-refractivity contribution in [3.05, 3.63) is 36.7 Å². The van der Waals surface area contributed by atoms with Crippen LogP contribution >= 0.6 is 79.6 Å². The van der Waals surface area contributed by atoms with Gasteiger partial charge in [0.25, 0.3) is 0 Å². The third-order valence-corrected chi connectivity index (χ3v) is 7.84. The van der Waals surface area contributed by atoms with Crippen molar-refractivity contribution in [3.8, 4) is 0 Å². The Hall–Kier alpha value is 1.36. The summed E-state index contributed by atoms with van der Waals surface area (Å²) in [7, 11) is 0. The Kier molecular flexibility index (Phi) is 3.65. The van der Waals surface area contributed by atoms with Crippen LogP contribution < -0.4 is 0 Å². The van der Waals surface area contributed by atoms with Gasteiger partial charge in [-0.25, -0.2) is 0 Å². The molecule has 1 atom stereocenters. The van der Waals surface area contributed by atoms with Crippen molar-refractivity contribution < 1.29 is 0 Å². The topological polar surface area (TPSA) is 0 Å². The number of alkyl halides is 1. The molecule has 1 unspecified atom stereocenters. The van der Waals surface area contributed by atoms with Crippen molar-refractivity contribution in [2.75, 3.05) is 0 Å². The van der Waals surface area contributed by atoms with Gasteiger partial charge in [0.05, 0.1) is 4.83 Å². The minimum absolute atomic E-state index is 0.247. The van der Waals surface area contributed by atoms with E-state index in [1.165, 1.54) is 11.1 Å². The summed E-state index contributed by atoms with van der Waals surface area (Å²) < 4.78 is 4.38. The molecule has 1 aliphatic carbocycles. The zero-order chi connectivity index (χ0) is 10.5. The second-order valence-corrected chi connectivity index (χ2v) is 7.06. The van der Waals surface area contributed by atoms with Gasteiger partial charge in [-0.05, 0) is 59.4 Å². The smallest absolute Gasteiger partial charge is 0.0728 e. The first-order valence-corrected chi connectivity index (χ1v) is 7.80. The lowest BCUT2D eigenvalue weighted by Crippen LogP contribution is -1.87. The molecule has 14 heavy (non-hydrogen) atoms. The highest BCUT2D eigenvalue weighted by atomic mass is 79.9. The fraction of sp³-hybridized carbons (Fsp3) is 0.111. The molecule has 0 nitrogen and oxygen atoms in total. The number of hydrogen-bond donors (Lipinski definition) is 0. The molecule has 1 aliphatic rings. The highest BCUT2D eigenvalue weighted by Gasteiger charge is 2.29. The molecule has 0 heterocycles. The van der Waals surface area contributed by atoms with Crippen molar-refractivity contribution in [3.63, 3.8) is 0 Å². The van der Waals surface area contributed by atoms with Gasteiger partial charge in [0.1, 0.15) is 0 Å². The maximum Gasteiger partial charge on any atom is 0.0728 e. The average Bonchev–Trinajstić information content (AvgIpc) is 2.38. The predicted octanol–water partition coefficient (Wildman–Crippen LogP) is 6.12. The van der Waals surface area contributed by atoms with E-state index >= 15 is 0 Å². The minimum atomic E-state index is 0.247. The largest absolute Gasteiger partial charge is 0.0780 e.